The van der Waals surface area contributed by atoms with Crippen LogP contribution in [0.1, 0.15) is 40.3 Å². The van der Waals surface area contributed by atoms with Crippen molar-refractivity contribution in [3.8, 4) is 5.75 Å². The number of esters is 2. The number of alkyl halides is 1. The maximum atomic E-state index is 16.4. The highest BCUT2D eigenvalue weighted by atomic mass is 31.2. The maximum Gasteiger partial charge on any atom is 0.380 e. The van der Waals surface area contributed by atoms with Crippen molar-refractivity contribution in [2.45, 2.75) is 64.4 Å². The van der Waals surface area contributed by atoms with E-state index in [0.717, 1.165) is 16.2 Å². The molecule has 17 heteroatoms. The van der Waals surface area contributed by atoms with Crippen molar-refractivity contribution in [2.24, 2.45) is 11.0 Å². The lowest BCUT2D eigenvalue weighted by Crippen LogP contribution is -2.43. The Balaban J connectivity index is 1.73. The van der Waals surface area contributed by atoms with E-state index in [1.54, 1.807) is 56.3 Å². The number of hydrogen-bond acceptors (Lipinski definition) is 12. The fraction of sp³-hybridized carbons (Fsp3) is 0.448. The molecule has 0 spiro atoms. The van der Waals surface area contributed by atoms with Gasteiger partial charge in [0.2, 0.25) is 5.72 Å². The SMILES string of the molecule is CCC(=O)O[C@H]1[C@H](n2ccc(N)nc2=O)O[C@@](COP(=O)(C[C@@H](C)C(=O)OC(C)C)Oc2cccc3ccccc23)(N=[N+]=[N-])[C@H]1F. The molecule has 6 atom stereocenters. The predicted octanol–water partition coefficient (Wildman–Crippen LogP) is 5.05. The van der Waals surface area contributed by atoms with Crippen LogP contribution in [-0.4, -0.2) is 58.4 Å². The molecule has 0 amide bonds. The first-order chi connectivity index (χ1) is 21.8. The molecule has 0 bridgehead atoms. The van der Waals surface area contributed by atoms with Crippen LogP contribution in [0.15, 0.2) is 64.6 Å². The Labute approximate surface area is 262 Å². The largest absolute Gasteiger partial charge is 0.463 e. The molecule has 1 aliphatic rings. The average molecular weight is 661 g/mol. The molecule has 2 N–H and O–H groups in total. The number of carbonyl (C=O) groups excluding carboxylic acids is 2. The highest BCUT2D eigenvalue weighted by Gasteiger charge is 2.60. The molecule has 1 aromatic heterocycles. The second kappa shape index (κ2) is 14.3. The lowest BCUT2D eigenvalue weighted by atomic mass is 10.1. The van der Waals surface area contributed by atoms with Crippen molar-refractivity contribution in [3.63, 3.8) is 0 Å². The summed E-state index contributed by atoms with van der Waals surface area (Å²) in [6.07, 6.45) is -5.98. The standard InChI is InChI=1S/C29H34FN6O9P/c1-5-23(37)43-24-25(30)29(34-35-32,44-26(24)36-14-13-22(31)33-28(36)39)16-41-46(40,15-18(4)27(38)42-17(2)3)45-21-12-8-10-19-9-6-7-11-20(19)21/h6-14,17-18,24-26H,5,15-16H2,1-4H3,(H2,31,33,39)/t18-,24-,25+,26-,29-,46?/m1/s1. The van der Waals surface area contributed by atoms with Crippen LogP contribution in [0.25, 0.3) is 21.2 Å². The molecule has 0 saturated carbocycles. The number of hydrogen-bond donors (Lipinski definition) is 1. The summed E-state index contributed by atoms with van der Waals surface area (Å²) in [4.78, 5) is 44.0. The van der Waals surface area contributed by atoms with E-state index >= 15 is 4.39 Å². The van der Waals surface area contributed by atoms with Crippen molar-refractivity contribution in [1.29, 1.82) is 0 Å². The summed E-state index contributed by atoms with van der Waals surface area (Å²) in [5.41, 5.74) is 11.4. The van der Waals surface area contributed by atoms with Crippen molar-refractivity contribution >= 4 is 36.1 Å². The molecular formula is C29H34FN6O9P. The van der Waals surface area contributed by atoms with Gasteiger partial charge in [0.05, 0.1) is 24.8 Å². The van der Waals surface area contributed by atoms with Crippen LogP contribution in [0.3, 0.4) is 0 Å². The zero-order valence-corrected chi connectivity index (χ0v) is 26.4. The number of halogens is 1. The van der Waals surface area contributed by atoms with Gasteiger partial charge in [-0.3, -0.25) is 18.7 Å². The zero-order chi connectivity index (χ0) is 33.6. The lowest BCUT2D eigenvalue weighted by Gasteiger charge is -2.29. The van der Waals surface area contributed by atoms with Crippen LogP contribution in [-0.2, 0) is 32.9 Å². The first kappa shape index (κ1) is 34.4. The number of aromatic nitrogens is 2. The van der Waals surface area contributed by atoms with E-state index in [1.807, 2.05) is 0 Å². The normalized spacial score (nSPS) is 22.9. The van der Waals surface area contributed by atoms with Crippen molar-refractivity contribution in [2.75, 3.05) is 18.5 Å². The number of nitrogen functional groups attached to an aromatic ring is 1. The van der Waals surface area contributed by atoms with E-state index in [-0.39, 0.29) is 18.0 Å². The second-order valence-corrected chi connectivity index (χ2v) is 12.8. The van der Waals surface area contributed by atoms with Crippen LogP contribution in [0, 0.1) is 5.92 Å². The molecule has 46 heavy (non-hydrogen) atoms. The van der Waals surface area contributed by atoms with Gasteiger partial charge in [-0.15, -0.1) is 0 Å². The molecule has 3 aromatic rings. The van der Waals surface area contributed by atoms with Gasteiger partial charge in [-0.1, -0.05) is 55.4 Å². The third-order valence-electron chi connectivity index (χ3n) is 6.93. The van der Waals surface area contributed by atoms with Gasteiger partial charge in [-0.25, -0.2) is 13.8 Å². The number of nitrogens with zero attached hydrogens (tertiary/aromatic N) is 5. The highest BCUT2D eigenvalue weighted by molar-refractivity contribution is 7.54. The predicted molar refractivity (Wildman–Crippen MR) is 163 cm³/mol. The van der Waals surface area contributed by atoms with Crippen LogP contribution in [0.5, 0.6) is 5.75 Å². The van der Waals surface area contributed by atoms with Gasteiger partial charge in [0.15, 0.2) is 18.5 Å². The van der Waals surface area contributed by atoms with Gasteiger partial charge in [0, 0.05) is 22.9 Å². The topological polar surface area (TPSA) is 207 Å². The Morgan fingerprint density at radius 2 is 1.93 bits per heavy atom. The number of nitrogens with two attached hydrogens (primary N) is 1. The zero-order valence-electron chi connectivity index (χ0n) is 25.5. The molecule has 0 radical (unpaired) electrons. The maximum absolute atomic E-state index is 16.4. The van der Waals surface area contributed by atoms with Crippen LogP contribution >= 0.6 is 7.60 Å². The fourth-order valence-corrected chi connectivity index (χ4v) is 6.61. The summed E-state index contributed by atoms with van der Waals surface area (Å²) in [5, 5.41) is 4.81. The Bertz CT molecular complexity index is 1740. The third kappa shape index (κ3) is 7.65. The lowest BCUT2D eigenvalue weighted by molar-refractivity contribution is -0.157. The number of rotatable bonds is 13. The summed E-state index contributed by atoms with van der Waals surface area (Å²) >= 11 is 0. The molecule has 2 heterocycles. The Hall–Kier alpha value is -4.49. The van der Waals surface area contributed by atoms with Crippen LogP contribution in [0.2, 0.25) is 0 Å². The molecule has 0 aliphatic carbocycles. The van der Waals surface area contributed by atoms with E-state index < -0.39 is 74.2 Å². The molecule has 4 rings (SSSR count). The van der Waals surface area contributed by atoms with Gasteiger partial charge in [0.1, 0.15) is 11.6 Å². The molecule has 1 unspecified atom stereocenters. The number of benzene rings is 2. The summed E-state index contributed by atoms with van der Waals surface area (Å²) < 4.78 is 59.7. The Morgan fingerprint density at radius 1 is 1.22 bits per heavy atom. The Morgan fingerprint density at radius 3 is 2.61 bits per heavy atom. The van der Waals surface area contributed by atoms with Gasteiger partial charge < -0.3 is 24.5 Å². The molecule has 246 valence electrons. The molecule has 15 nitrogen and oxygen atoms in total. The molecule has 1 fully saturated rings. The smallest absolute Gasteiger partial charge is 0.380 e. The summed E-state index contributed by atoms with van der Waals surface area (Å²) in [5.74, 6) is -2.56. The van der Waals surface area contributed by atoms with E-state index in [1.165, 1.54) is 19.9 Å². The van der Waals surface area contributed by atoms with Crippen molar-refractivity contribution in [1.82, 2.24) is 9.55 Å². The molecule has 1 aliphatic heterocycles. The number of azide groups is 1. The quantitative estimate of drug-likeness (QED) is 0.0843. The first-order valence-corrected chi connectivity index (χ1v) is 16.1. The van der Waals surface area contributed by atoms with E-state index in [9.17, 15) is 24.5 Å². The van der Waals surface area contributed by atoms with E-state index in [2.05, 4.69) is 15.0 Å². The van der Waals surface area contributed by atoms with Gasteiger partial charge >= 0.3 is 25.2 Å². The van der Waals surface area contributed by atoms with Crippen molar-refractivity contribution < 1.29 is 41.8 Å². The van der Waals surface area contributed by atoms with Gasteiger partial charge in [-0.05, 0) is 36.9 Å². The number of ether oxygens (including phenoxy) is 3. The molecular weight excluding hydrogens is 626 g/mol. The minimum atomic E-state index is -4.44. The van der Waals surface area contributed by atoms with Crippen LogP contribution < -0.4 is 15.9 Å². The summed E-state index contributed by atoms with van der Waals surface area (Å²) in [7, 11) is -4.44. The number of fused-ring (bicyclic) bond motifs is 1. The molecule has 1 saturated heterocycles. The minimum Gasteiger partial charge on any atom is -0.463 e. The average Bonchev–Trinajstić information content (AvgIpc) is 3.26. The monoisotopic (exact) mass is 660 g/mol. The summed E-state index contributed by atoms with van der Waals surface area (Å²) in [6, 6.07) is 13.3. The minimum absolute atomic E-state index is 0.139. The third-order valence-corrected chi connectivity index (χ3v) is 8.92. The van der Waals surface area contributed by atoms with Crippen molar-refractivity contribution in [3.05, 3.63) is 75.7 Å². The Kier molecular flexibility index (Phi) is 10.7. The summed E-state index contributed by atoms with van der Waals surface area (Å²) in [6.45, 7) is 5.18. The number of anilines is 1. The van der Waals surface area contributed by atoms with E-state index in [0.29, 0.717) is 5.39 Å². The highest BCUT2D eigenvalue weighted by Crippen LogP contribution is 2.53. The fourth-order valence-electron chi connectivity index (χ4n) is 4.72. The second-order valence-electron chi connectivity index (χ2n) is 10.8. The van der Waals surface area contributed by atoms with Crippen LogP contribution in [0.4, 0.5) is 10.2 Å². The first-order valence-electron chi connectivity index (χ1n) is 14.3. The van der Waals surface area contributed by atoms with Gasteiger partial charge in [-0.2, -0.15) is 4.98 Å². The molecule has 2 aromatic carbocycles. The van der Waals surface area contributed by atoms with E-state index in [4.69, 9.17) is 29.0 Å². The van der Waals surface area contributed by atoms with Gasteiger partial charge in [0.25, 0.3) is 0 Å². The number of carbonyl (C=O) groups is 2.